The zero-order chi connectivity index (χ0) is 4.62. The average molecular weight is 104 g/mol. The molecule has 1 rings (SSSR count). The van der Waals surface area contributed by atoms with Crippen molar-refractivity contribution in [2.24, 2.45) is 0 Å². The summed E-state index contributed by atoms with van der Waals surface area (Å²) in [7, 11) is -1.95. The van der Waals surface area contributed by atoms with Gasteiger partial charge in [-0.25, -0.2) is 0 Å². The third-order valence-corrected chi connectivity index (χ3v) is 4.19. The molecule has 0 N–H and O–H groups in total. The second-order valence-corrected chi connectivity index (χ2v) is 6.09. The van der Waals surface area contributed by atoms with E-state index in [1.165, 1.54) is 0 Å². The lowest BCUT2D eigenvalue weighted by molar-refractivity contribution is 0.687. The molecule has 1 aliphatic heterocycles. The molecule has 0 bridgehead atoms. The van der Waals surface area contributed by atoms with E-state index in [2.05, 4.69) is 0 Å². The molecule has 0 aromatic rings. The molecule has 1 heterocycles. The van der Waals surface area contributed by atoms with Crippen molar-refractivity contribution in [2.75, 3.05) is 0 Å². The lowest BCUT2D eigenvalue weighted by Crippen LogP contribution is -2.31. The molecule has 1 saturated heterocycles. The van der Waals surface area contributed by atoms with E-state index in [9.17, 15) is 4.11 Å². The maximum atomic E-state index is 12.3. The highest BCUT2D eigenvalue weighted by Crippen LogP contribution is 2.32. The fraction of sp³-hybridized carbons (Fsp3) is 1.00. The van der Waals surface area contributed by atoms with E-state index < -0.39 is 8.41 Å². The zero-order valence-corrected chi connectivity index (χ0v) is 5.00. The van der Waals surface area contributed by atoms with Crippen LogP contribution in [0.4, 0.5) is 4.11 Å². The van der Waals surface area contributed by atoms with Gasteiger partial charge in [-0.1, -0.05) is 6.42 Å². The van der Waals surface area contributed by atoms with Gasteiger partial charge in [-0.05, 0) is 18.6 Å². The molecule has 0 spiro atoms. The summed E-state index contributed by atoms with van der Waals surface area (Å²) in [6.07, 6.45) is 1.15. The van der Waals surface area contributed by atoms with Crippen LogP contribution in [0.2, 0.25) is 18.6 Å². The molecule has 36 valence electrons. The monoisotopic (exact) mass is 104 g/mol. The lowest BCUT2D eigenvalue weighted by atomic mass is 10.5. The first-order chi connectivity index (χ1) is 2.71. The van der Waals surface area contributed by atoms with Crippen molar-refractivity contribution >= 4 is 8.41 Å². The quantitative estimate of drug-likeness (QED) is 0.325. The summed E-state index contributed by atoms with van der Waals surface area (Å²) in [5.74, 6) is 0. The maximum absolute atomic E-state index is 12.3. The van der Waals surface area contributed by atoms with Gasteiger partial charge in [0.05, 0.1) is 0 Å². The smallest absolute Gasteiger partial charge is 0.243 e. The molecule has 1 fully saturated rings. The number of hydrogen-bond acceptors (Lipinski definition) is 0. The lowest BCUT2D eigenvalue weighted by Gasteiger charge is -2.25. The van der Waals surface area contributed by atoms with Crippen LogP contribution in [0.5, 0.6) is 0 Å². The van der Waals surface area contributed by atoms with E-state index in [1.807, 2.05) is 0 Å². The topological polar surface area (TPSA) is 0 Å². The van der Waals surface area contributed by atoms with Gasteiger partial charge in [0.1, 0.15) is 0 Å². The molecule has 0 aliphatic carbocycles. The van der Waals surface area contributed by atoms with E-state index >= 15 is 0 Å². The van der Waals surface area contributed by atoms with Gasteiger partial charge in [-0.2, -0.15) is 0 Å². The minimum atomic E-state index is -1.95. The summed E-state index contributed by atoms with van der Waals surface area (Å²) < 4.78 is 12.3. The molecule has 0 radical (unpaired) electrons. The molecular formula is C4H9FSi. The summed E-state index contributed by atoms with van der Waals surface area (Å²) in [6.45, 7) is 1.80. The average Bonchev–Trinajstić information content (AvgIpc) is 1.32. The predicted molar refractivity (Wildman–Crippen MR) is 27.0 cm³/mol. The Morgan fingerprint density at radius 2 is 1.83 bits per heavy atom. The zero-order valence-electron chi connectivity index (χ0n) is 4.00. The van der Waals surface area contributed by atoms with Crippen molar-refractivity contribution in [3.63, 3.8) is 0 Å². The predicted octanol–water partition coefficient (Wildman–Crippen LogP) is 1.93. The summed E-state index contributed by atoms with van der Waals surface area (Å²) in [6, 6.07) is 1.85. The largest absolute Gasteiger partial charge is 0.314 e. The van der Waals surface area contributed by atoms with Crippen LogP contribution in [-0.2, 0) is 0 Å². The molecule has 0 atom stereocenters. The summed E-state index contributed by atoms with van der Waals surface area (Å²) in [5, 5.41) is 0. The first kappa shape index (κ1) is 4.31. The summed E-state index contributed by atoms with van der Waals surface area (Å²) in [4.78, 5) is 0. The second-order valence-electron chi connectivity index (χ2n) is 2.27. The standard InChI is InChI=1S/C4H9FSi/c1-6(5)3-2-4-6/h2-4H2,1H3. The van der Waals surface area contributed by atoms with Gasteiger partial charge in [0.15, 0.2) is 0 Å². The van der Waals surface area contributed by atoms with Gasteiger partial charge in [0.25, 0.3) is 0 Å². The van der Waals surface area contributed by atoms with Crippen molar-refractivity contribution in [1.29, 1.82) is 0 Å². The van der Waals surface area contributed by atoms with E-state index in [4.69, 9.17) is 0 Å². The van der Waals surface area contributed by atoms with Crippen LogP contribution in [0.15, 0.2) is 0 Å². The normalized spacial score (nSPS) is 29.0. The third kappa shape index (κ3) is 0.619. The number of rotatable bonds is 0. The van der Waals surface area contributed by atoms with Crippen LogP contribution in [0.3, 0.4) is 0 Å². The van der Waals surface area contributed by atoms with E-state index in [1.54, 1.807) is 6.55 Å². The molecule has 0 aromatic heterocycles. The minimum Gasteiger partial charge on any atom is -0.314 e. The first-order valence-electron chi connectivity index (χ1n) is 2.40. The maximum Gasteiger partial charge on any atom is 0.243 e. The van der Waals surface area contributed by atoms with Gasteiger partial charge < -0.3 is 4.11 Å². The van der Waals surface area contributed by atoms with Crippen LogP contribution < -0.4 is 0 Å². The Balaban J connectivity index is 2.31. The fourth-order valence-corrected chi connectivity index (χ4v) is 1.99. The van der Waals surface area contributed by atoms with Gasteiger partial charge in [0.2, 0.25) is 8.41 Å². The third-order valence-electron chi connectivity index (χ3n) is 1.40. The molecule has 0 unspecified atom stereocenters. The van der Waals surface area contributed by atoms with Crippen LogP contribution in [-0.4, -0.2) is 8.41 Å². The molecule has 1 aliphatic rings. The Morgan fingerprint density at radius 1 is 1.50 bits per heavy atom. The number of halogens is 1. The van der Waals surface area contributed by atoms with E-state index in [0.29, 0.717) is 0 Å². The molecule has 0 aromatic carbocycles. The van der Waals surface area contributed by atoms with Gasteiger partial charge >= 0.3 is 0 Å². The summed E-state index contributed by atoms with van der Waals surface area (Å²) in [5.41, 5.74) is 0. The van der Waals surface area contributed by atoms with Gasteiger partial charge in [0, 0.05) is 0 Å². The van der Waals surface area contributed by atoms with Crippen molar-refractivity contribution in [3.8, 4) is 0 Å². The van der Waals surface area contributed by atoms with Crippen LogP contribution >= 0.6 is 0 Å². The van der Waals surface area contributed by atoms with Gasteiger partial charge in [-0.15, -0.1) is 0 Å². The highest BCUT2D eigenvalue weighted by molar-refractivity contribution is 6.74. The van der Waals surface area contributed by atoms with E-state index in [-0.39, 0.29) is 0 Å². The van der Waals surface area contributed by atoms with Crippen LogP contribution in [0.25, 0.3) is 0 Å². The molecular weight excluding hydrogens is 95.1 g/mol. The SMILES string of the molecule is C[Si]1(F)CCC1. The second kappa shape index (κ2) is 1.06. The molecule has 2 heteroatoms. The molecule has 0 saturated carbocycles. The fourth-order valence-electron chi connectivity index (χ4n) is 0.664. The molecule has 0 amide bonds. The first-order valence-corrected chi connectivity index (χ1v) is 5.19. The number of hydrogen-bond donors (Lipinski definition) is 0. The Morgan fingerprint density at radius 3 is 1.83 bits per heavy atom. The van der Waals surface area contributed by atoms with Crippen molar-refractivity contribution < 1.29 is 4.11 Å². The Labute approximate surface area is 38.5 Å². The van der Waals surface area contributed by atoms with Crippen LogP contribution in [0.1, 0.15) is 6.42 Å². The van der Waals surface area contributed by atoms with Crippen molar-refractivity contribution in [2.45, 2.75) is 25.1 Å². The highest BCUT2D eigenvalue weighted by atomic mass is 28.4. The van der Waals surface area contributed by atoms with Crippen LogP contribution in [0, 0.1) is 0 Å². The molecule has 0 nitrogen and oxygen atoms in total. The Kier molecular flexibility index (Phi) is 0.760. The van der Waals surface area contributed by atoms with E-state index in [0.717, 1.165) is 18.5 Å². The van der Waals surface area contributed by atoms with Gasteiger partial charge in [-0.3, -0.25) is 0 Å². The summed E-state index contributed by atoms with van der Waals surface area (Å²) >= 11 is 0. The highest BCUT2D eigenvalue weighted by Gasteiger charge is 2.34. The van der Waals surface area contributed by atoms with Crippen molar-refractivity contribution in [1.82, 2.24) is 0 Å². The minimum absolute atomic E-state index is 0.924. The molecule has 6 heavy (non-hydrogen) atoms. The Hall–Kier alpha value is 0.147. The Bertz CT molecular complexity index is 54.6. The van der Waals surface area contributed by atoms with Crippen molar-refractivity contribution in [3.05, 3.63) is 0 Å².